The summed E-state index contributed by atoms with van der Waals surface area (Å²) in [5, 5.41) is 0. The fourth-order valence-corrected chi connectivity index (χ4v) is 4.32. The molecule has 4 nitrogen and oxygen atoms in total. The molecule has 2 atom stereocenters. The van der Waals surface area contributed by atoms with Gasteiger partial charge < -0.3 is 9.80 Å². The Morgan fingerprint density at radius 1 is 1.22 bits per heavy atom. The summed E-state index contributed by atoms with van der Waals surface area (Å²) in [6.45, 7) is 1.55. The number of benzene rings is 1. The Bertz CT molecular complexity index is 584. The van der Waals surface area contributed by atoms with Gasteiger partial charge in [0.2, 0.25) is 11.8 Å². The molecule has 1 heterocycles. The van der Waals surface area contributed by atoms with E-state index in [1.54, 1.807) is 4.90 Å². The highest BCUT2D eigenvalue weighted by Crippen LogP contribution is 2.50. The van der Waals surface area contributed by atoms with Crippen molar-refractivity contribution < 1.29 is 9.59 Å². The van der Waals surface area contributed by atoms with Crippen LogP contribution in [0, 0.1) is 11.3 Å². The third-order valence-corrected chi connectivity index (χ3v) is 5.58. The molecule has 1 saturated heterocycles. The summed E-state index contributed by atoms with van der Waals surface area (Å²) in [6, 6.07) is 9.90. The number of carbonyl (C=O) groups excluding carboxylic acids is 2. The predicted molar refractivity (Wildman–Crippen MR) is 89.8 cm³/mol. The van der Waals surface area contributed by atoms with Crippen molar-refractivity contribution in [2.24, 2.45) is 11.3 Å². The highest BCUT2D eigenvalue weighted by molar-refractivity contribution is 5.81. The van der Waals surface area contributed by atoms with E-state index < -0.39 is 0 Å². The summed E-state index contributed by atoms with van der Waals surface area (Å²) in [5.74, 6) is 0.517. The number of rotatable bonds is 3. The lowest BCUT2D eigenvalue weighted by molar-refractivity contribution is -0.137. The van der Waals surface area contributed by atoms with Crippen LogP contribution in [0.25, 0.3) is 0 Å². The summed E-state index contributed by atoms with van der Waals surface area (Å²) in [7, 11) is 3.67. The smallest absolute Gasteiger partial charge is 0.227 e. The minimum Gasteiger partial charge on any atom is -0.349 e. The number of hydrogen-bond acceptors (Lipinski definition) is 2. The molecule has 0 N–H and O–H groups in total. The van der Waals surface area contributed by atoms with Crippen LogP contribution in [0.1, 0.15) is 31.2 Å². The minimum absolute atomic E-state index is 0.0215. The predicted octanol–water partition coefficient (Wildman–Crippen LogP) is 2.34. The van der Waals surface area contributed by atoms with Gasteiger partial charge in [0.1, 0.15) is 0 Å². The van der Waals surface area contributed by atoms with Crippen molar-refractivity contribution in [3.8, 4) is 0 Å². The fourth-order valence-electron chi connectivity index (χ4n) is 4.32. The second-order valence-corrected chi connectivity index (χ2v) is 7.27. The summed E-state index contributed by atoms with van der Waals surface area (Å²) < 4.78 is 0. The van der Waals surface area contributed by atoms with Crippen LogP contribution in [0.15, 0.2) is 30.3 Å². The van der Waals surface area contributed by atoms with Gasteiger partial charge in [0, 0.05) is 38.5 Å². The summed E-state index contributed by atoms with van der Waals surface area (Å²) >= 11 is 0. The van der Waals surface area contributed by atoms with E-state index in [0.717, 1.165) is 44.3 Å². The highest BCUT2D eigenvalue weighted by Gasteiger charge is 2.51. The van der Waals surface area contributed by atoms with Crippen LogP contribution in [0.2, 0.25) is 0 Å². The zero-order chi connectivity index (χ0) is 16.4. The lowest BCUT2D eigenvalue weighted by Gasteiger charge is -2.32. The maximum atomic E-state index is 12.6. The van der Waals surface area contributed by atoms with E-state index in [1.165, 1.54) is 0 Å². The maximum Gasteiger partial charge on any atom is 0.227 e. The van der Waals surface area contributed by atoms with Gasteiger partial charge >= 0.3 is 0 Å². The van der Waals surface area contributed by atoms with Crippen molar-refractivity contribution in [1.29, 1.82) is 0 Å². The van der Waals surface area contributed by atoms with Crippen molar-refractivity contribution >= 4 is 11.8 Å². The molecule has 1 aliphatic carbocycles. The third-order valence-electron chi connectivity index (χ3n) is 5.58. The summed E-state index contributed by atoms with van der Waals surface area (Å²) in [5.41, 5.74) is 1.08. The number of carbonyl (C=O) groups is 2. The first-order chi connectivity index (χ1) is 11.0. The minimum atomic E-state index is 0.0215. The fraction of sp³-hybridized carbons (Fsp3) is 0.579. The van der Waals surface area contributed by atoms with Gasteiger partial charge in [-0.25, -0.2) is 0 Å². The zero-order valence-corrected chi connectivity index (χ0v) is 14.1. The second kappa shape index (κ2) is 6.34. The zero-order valence-electron chi connectivity index (χ0n) is 14.1. The Labute approximate surface area is 138 Å². The third kappa shape index (κ3) is 3.12. The van der Waals surface area contributed by atoms with Gasteiger partial charge in [-0.3, -0.25) is 9.59 Å². The molecular formula is C19H26N2O2. The molecule has 2 amide bonds. The van der Waals surface area contributed by atoms with Crippen molar-refractivity contribution in [2.45, 2.75) is 32.1 Å². The normalized spacial score (nSPS) is 26.7. The Morgan fingerprint density at radius 2 is 1.96 bits per heavy atom. The molecule has 3 rings (SSSR count). The molecule has 1 aliphatic heterocycles. The van der Waals surface area contributed by atoms with Crippen molar-refractivity contribution in [1.82, 2.24) is 9.80 Å². The molecule has 0 unspecified atom stereocenters. The Morgan fingerprint density at radius 3 is 2.65 bits per heavy atom. The second-order valence-electron chi connectivity index (χ2n) is 7.27. The summed E-state index contributed by atoms with van der Waals surface area (Å²) in [4.78, 5) is 28.8. The van der Waals surface area contributed by atoms with E-state index in [0.29, 0.717) is 6.42 Å². The van der Waals surface area contributed by atoms with E-state index in [9.17, 15) is 9.59 Å². The molecule has 2 aliphatic rings. The highest BCUT2D eigenvalue weighted by atomic mass is 16.2. The standard InChI is InChI=1S/C19H26N2O2/c1-20(2)18(23)16-9-6-10-19(16)11-12-21(14-19)17(22)13-15-7-4-3-5-8-15/h3-5,7-8,16H,6,9-14H2,1-2H3/t16-,19+/m1/s1. The molecule has 0 radical (unpaired) electrons. The van der Waals surface area contributed by atoms with Gasteiger partial charge in [-0.1, -0.05) is 36.8 Å². The van der Waals surface area contributed by atoms with E-state index >= 15 is 0 Å². The van der Waals surface area contributed by atoms with Crippen LogP contribution in [0.3, 0.4) is 0 Å². The Balaban J connectivity index is 1.67. The van der Waals surface area contributed by atoms with Gasteiger partial charge in [-0.15, -0.1) is 0 Å². The van der Waals surface area contributed by atoms with Crippen LogP contribution in [-0.2, 0) is 16.0 Å². The molecule has 124 valence electrons. The van der Waals surface area contributed by atoms with Crippen LogP contribution in [-0.4, -0.2) is 48.8 Å². The molecule has 1 aromatic rings. The Kier molecular flexibility index (Phi) is 4.42. The lowest BCUT2D eigenvalue weighted by Crippen LogP contribution is -2.41. The SMILES string of the molecule is CN(C)C(=O)[C@H]1CCC[C@@]12CCN(C(=O)Cc1ccccc1)C2. The van der Waals surface area contributed by atoms with Crippen LogP contribution in [0.5, 0.6) is 0 Å². The molecule has 4 heteroatoms. The average molecular weight is 314 g/mol. The van der Waals surface area contributed by atoms with Crippen molar-refractivity contribution in [3.05, 3.63) is 35.9 Å². The van der Waals surface area contributed by atoms with Gasteiger partial charge in [0.15, 0.2) is 0 Å². The van der Waals surface area contributed by atoms with Crippen LogP contribution in [0.4, 0.5) is 0 Å². The monoisotopic (exact) mass is 314 g/mol. The van der Waals surface area contributed by atoms with E-state index in [-0.39, 0.29) is 23.1 Å². The van der Waals surface area contributed by atoms with Crippen LogP contribution >= 0.6 is 0 Å². The van der Waals surface area contributed by atoms with Gasteiger partial charge in [0.25, 0.3) is 0 Å². The molecule has 1 spiro atoms. The molecule has 1 aromatic carbocycles. The van der Waals surface area contributed by atoms with Gasteiger partial charge in [-0.05, 0) is 24.8 Å². The molecular weight excluding hydrogens is 288 g/mol. The van der Waals surface area contributed by atoms with E-state index in [1.807, 2.05) is 49.3 Å². The first-order valence-electron chi connectivity index (χ1n) is 8.55. The molecule has 0 aromatic heterocycles. The van der Waals surface area contributed by atoms with Crippen LogP contribution < -0.4 is 0 Å². The van der Waals surface area contributed by atoms with Crippen molar-refractivity contribution in [3.63, 3.8) is 0 Å². The van der Waals surface area contributed by atoms with Gasteiger partial charge in [0.05, 0.1) is 6.42 Å². The molecule has 2 fully saturated rings. The van der Waals surface area contributed by atoms with Gasteiger partial charge in [-0.2, -0.15) is 0 Å². The number of hydrogen-bond donors (Lipinski definition) is 0. The lowest BCUT2D eigenvalue weighted by atomic mass is 9.76. The summed E-state index contributed by atoms with van der Waals surface area (Å²) in [6.07, 6.45) is 4.58. The molecule has 0 bridgehead atoms. The van der Waals surface area contributed by atoms with Crippen molar-refractivity contribution in [2.75, 3.05) is 27.2 Å². The van der Waals surface area contributed by atoms with E-state index in [4.69, 9.17) is 0 Å². The quantitative estimate of drug-likeness (QED) is 0.859. The number of amides is 2. The Hall–Kier alpha value is -1.84. The maximum absolute atomic E-state index is 12.6. The number of likely N-dealkylation sites (tertiary alicyclic amines) is 1. The molecule has 1 saturated carbocycles. The first kappa shape index (κ1) is 16.0. The number of nitrogens with zero attached hydrogens (tertiary/aromatic N) is 2. The molecule has 23 heavy (non-hydrogen) atoms. The van der Waals surface area contributed by atoms with E-state index in [2.05, 4.69) is 0 Å². The first-order valence-corrected chi connectivity index (χ1v) is 8.55. The topological polar surface area (TPSA) is 40.6 Å². The largest absolute Gasteiger partial charge is 0.349 e. The average Bonchev–Trinajstić information content (AvgIpc) is 3.15.